The predicted molar refractivity (Wildman–Crippen MR) is 164 cm³/mol. The zero-order valence-electron chi connectivity index (χ0n) is 24.4. The van der Waals surface area contributed by atoms with Gasteiger partial charge in [-0.05, 0) is 6.92 Å². The number of rotatable bonds is 12. The maximum atomic E-state index is 15.2. The molecule has 0 radical (unpaired) electrons. The number of nitrogens with zero attached hydrogens (tertiary/aromatic N) is 8. The summed E-state index contributed by atoms with van der Waals surface area (Å²) in [6.07, 6.45) is 4.09. The highest BCUT2D eigenvalue weighted by Gasteiger charge is 2.58. The molecule has 46 heavy (non-hydrogen) atoms. The molecule has 0 aliphatic carbocycles. The van der Waals surface area contributed by atoms with Gasteiger partial charge in [0.2, 0.25) is 7.23 Å². The number of aliphatic hydroxyl groups excluding tert-OH is 2. The van der Waals surface area contributed by atoms with Crippen LogP contribution in [-0.2, 0) is 23.3 Å². The van der Waals surface area contributed by atoms with Crippen molar-refractivity contribution in [1.82, 2.24) is 39.0 Å². The number of aromatic nitrogens is 8. The summed E-state index contributed by atoms with van der Waals surface area (Å²) in [7, 11) is -2.77. The third-order valence-electron chi connectivity index (χ3n) is 8.50. The van der Waals surface area contributed by atoms with Crippen LogP contribution in [0.1, 0.15) is 25.8 Å². The van der Waals surface area contributed by atoms with Gasteiger partial charge in [-0.2, -0.15) is 0 Å². The van der Waals surface area contributed by atoms with E-state index < -0.39 is 50.3 Å². The third-order valence-corrected chi connectivity index (χ3v) is 9.29. The van der Waals surface area contributed by atoms with Crippen molar-refractivity contribution >= 4 is 53.4 Å². The second-order valence-electron chi connectivity index (χ2n) is 11.1. The monoisotopic (exact) mass is 678 g/mol. The maximum Gasteiger partial charge on any atom is 0.243 e. The van der Waals surface area contributed by atoms with Crippen LogP contribution in [0.15, 0.2) is 37.5 Å². The average Bonchev–Trinajstić information content (AvgIpc) is 3.87. The lowest BCUT2D eigenvalue weighted by molar-refractivity contribution is -0.214. The topological polar surface area (TPSA) is 206 Å². The van der Waals surface area contributed by atoms with E-state index in [4.69, 9.17) is 18.7 Å². The van der Waals surface area contributed by atoms with Crippen LogP contribution in [0.4, 0.5) is 16.0 Å². The average molecular weight is 679 g/mol. The molecule has 3 aliphatic heterocycles. The molecule has 0 amide bonds. The first-order chi connectivity index (χ1) is 22.3. The van der Waals surface area contributed by atoms with E-state index in [0.29, 0.717) is 53.5 Å². The summed E-state index contributed by atoms with van der Waals surface area (Å²) < 4.78 is 52.9. The van der Waals surface area contributed by atoms with E-state index in [2.05, 4.69) is 52.8 Å². The van der Waals surface area contributed by atoms with E-state index in [-0.39, 0.29) is 18.8 Å². The molecule has 246 valence electrons. The van der Waals surface area contributed by atoms with Crippen molar-refractivity contribution < 1.29 is 37.9 Å². The van der Waals surface area contributed by atoms with Gasteiger partial charge >= 0.3 is 0 Å². The quantitative estimate of drug-likeness (QED) is 0.0816. The van der Waals surface area contributed by atoms with Gasteiger partial charge in [0.05, 0.1) is 32.0 Å². The van der Waals surface area contributed by atoms with Crippen molar-refractivity contribution in [3.8, 4) is 0 Å². The molecule has 9 atom stereocenters. The van der Waals surface area contributed by atoms with E-state index in [9.17, 15) is 14.8 Å². The molecule has 3 fully saturated rings. The molecule has 4 aromatic heterocycles. The fourth-order valence-corrected chi connectivity index (χ4v) is 7.05. The van der Waals surface area contributed by atoms with Crippen molar-refractivity contribution in [1.29, 1.82) is 0 Å². The predicted octanol–water partition coefficient (Wildman–Crippen LogP) is 1.42. The standard InChI is InChI=1S/C26H32FN10O7PS/c1-13-26(8-39)6-14(41-13)24(43-26)36-11-34-17-20(30-9-32-22(17)36)28-4-2-3-5-29-21-18-23(33-10-31-21)37(12-35-18)25-16(27)19(44-45(40)46)15(7-38)42-25/h2-3,9-16,19,24-25,38-39,45H,4-8H2,1H3,(H,40,46)(H,28,30,32)(H,29,31,33)/b3-2+/t13-,14?,15?,16+,19+,24?,25?,26?/m0/s1. The zero-order valence-corrected chi connectivity index (χ0v) is 26.3. The number of hydrogen-bond donors (Lipinski definition) is 5. The zero-order chi connectivity index (χ0) is 32.0. The summed E-state index contributed by atoms with van der Waals surface area (Å²) in [6, 6.07) is 0. The van der Waals surface area contributed by atoms with Crippen LogP contribution in [-0.4, -0.2) is 112 Å². The van der Waals surface area contributed by atoms with Crippen LogP contribution in [0, 0.1) is 0 Å². The number of aliphatic hydroxyl groups is 2. The molecule has 6 unspecified atom stereocenters. The van der Waals surface area contributed by atoms with E-state index in [1.807, 2.05) is 23.6 Å². The molecule has 4 N–H and O–H groups in total. The molecule has 0 aromatic carbocycles. The summed E-state index contributed by atoms with van der Waals surface area (Å²) in [6.45, 7) is 2.09. The lowest BCUT2D eigenvalue weighted by Crippen LogP contribution is -2.44. The van der Waals surface area contributed by atoms with Crippen molar-refractivity contribution in [3.05, 3.63) is 37.5 Å². The summed E-state index contributed by atoms with van der Waals surface area (Å²) in [5.74, 6) is 0.978. The van der Waals surface area contributed by atoms with Gasteiger partial charge in [0.25, 0.3) is 0 Å². The van der Waals surface area contributed by atoms with Gasteiger partial charge in [-0.3, -0.25) is 13.7 Å². The van der Waals surface area contributed by atoms with Gasteiger partial charge in [-0.25, -0.2) is 34.3 Å². The number of hydrogen-bond acceptors (Lipinski definition) is 15. The van der Waals surface area contributed by atoms with Crippen LogP contribution in [0.5, 0.6) is 0 Å². The Labute approximate surface area is 266 Å². The first-order valence-corrected chi connectivity index (χ1v) is 17.2. The van der Waals surface area contributed by atoms with E-state index in [0.717, 1.165) is 0 Å². The molecule has 20 heteroatoms. The number of nitrogens with one attached hydrogen (secondary N) is 2. The SMILES string of the molecule is C[C@@H]1OC2CC1(CO)OC2n1cnc2c(NC/C=C/CNc3ncnc4c3ncn4C3OC(CO)[C@@H](O[PH](=O)S)[C@H]3F)ncnc21. The normalized spacial score (nSPS) is 31.5. The van der Waals surface area contributed by atoms with Crippen LogP contribution < -0.4 is 10.6 Å². The Hall–Kier alpha value is -3.29. The number of anilines is 2. The second-order valence-corrected chi connectivity index (χ2v) is 13.0. The minimum Gasteiger partial charge on any atom is -0.394 e. The Kier molecular flexibility index (Phi) is 8.66. The number of alkyl halides is 1. The van der Waals surface area contributed by atoms with Crippen LogP contribution in [0.25, 0.3) is 22.3 Å². The Balaban J connectivity index is 0.972. The van der Waals surface area contributed by atoms with Crippen LogP contribution in [0.3, 0.4) is 0 Å². The van der Waals surface area contributed by atoms with Gasteiger partial charge in [-0.1, -0.05) is 24.4 Å². The van der Waals surface area contributed by atoms with Crippen molar-refractivity contribution in [2.24, 2.45) is 0 Å². The summed E-state index contributed by atoms with van der Waals surface area (Å²) in [5.41, 5.74) is 1.14. The lowest BCUT2D eigenvalue weighted by Gasteiger charge is -2.34. The smallest absolute Gasteiger partial charge is 0.243 e. The first-order valence-electron chi connectivity index (χ1n) is 14.6. The fourth-order valence-electron chi connectivity index (χ4n) is 6.17. The molecular weight excluding hydrogens is 646 g/mol. The van der Waals surface area contributed by atoms with E-state index >= 15 is 4.39 Å². The number of halogens is 1. The molecule has 7 heterocycles. The Morgan fingerprint density at radius 3 is 2.17 bits per heavy atom. The van der Waals surface area contributed by atoms with Crippen LogP contribution >= 0.6 is 19.5 Å². The molecule has 17 nitrogen and oxygen atoms in total. The Bertz CT molecular complexity index is 1780. The molecular formula is C26H32FN10O7PS. The van der Waals surface area contributed by atoms with Crippen molar-refractivity contribution in [2.75, 3.05) is 36.9 Å². The summed E-state index contributed by atoms with van der Waals surface area (Å²) in [4.78, 5) is 26.1. The lowest BCUT2D eigenvalue weighted by atomic mass is 9.98. The maximum absolute atomic E-state index is 15.2. The van der Waals surface area contributed by atoms with E-state index in [1.54, 1.807) is 6.33 Å². The van der Waals surface area contributed by atoms with Gasteiger partial charge in [0.1, 0.15) is 36.6 Å². The van der Waals surface area contributed by atoms with Gasteiger partial charge in [0, 0.05) is 19.5 Å². The number of fused-ring (bicyclic) bond motifs is 4. The van der Waals surface area contributed by atoms with Gasteiger partial charge in [0.15, 0.2) is 52.6 Å². The highest BCUT2D eigenvalue weighted by atomic mass is 32.7. The molecule has 3 aliphatic rings. The first kappa shape index (κ1) is 31.3. The molecule has 2 bridgehead atoms. The molecule has 7 rings (SSSR count). The molecule has 0 spiro atoms. The number of imidazole rings is 2. The Morgan fingerprint density at radius 1 is 1.02 bits per heavy atom. The molecule has 3 saturated heterocycles. The van der Waals surface area contributed by atoms with Crippen LogP contribution in [0.2, 0.25) is 0 Å². The number of ether oxygens (including phenoxy) is 3. The molecule has 4 aromatic rings. The second kappa shape index (κ2) is 12.7. The fraction of sp³-hybridized carbons (Fsp3) is 0.538. The molecule has 0 saturated carbocycles. The highest BCUT2D eigenvalue weighted by Crippen LogP contribution is 2.48. The largest absolute Gasteiger partial charge is 0.394 e. The Morgan fingerprint density at radius 2 is 1.63 bits per heavy atom. The summed E-state index contributed by atoms with van der Waals surface area (Å²) in [5, 5.41) is 26.0. The van der Waals surface area contributed by atoms with Crippen molar-refractivity contribution in [3.63, 3.8) is 0 Å². The minimum absolute atomic E-state index is 0.123. The number of thiol groups is 1. The van der Waals surface area contributed by atoms with Gasteiger partial charge in [-0.15, -0.1) is 0 Å². The van der Waals surface area contributed by atoms with E-state index in [1.165, 1.54) is 23.5 Å². The highest BCUT2D eigenvalue weighted by molar-refractivity contribution is 8.39. The summed E-state index contributed by atoms with van der Waals surface area (Å²) >= 11 is 3.73. The third kappa shape index (κ3) is 5.43. The van der Waals surface area contributed by atoms with Gasteiger partial charge < -0.3 is 39.6 Å². The minimum atomic E-state index is -2.77. The van der Waals surface area contributed by atoms with Crippen molar-refractivity contribution in [2.45, 2.75) is 62.0 Å².